The molecular formula is C30H22F4N4O2. The summed E-state index contributed by atoms with van der Waals surface area (Å²) < 4.78 is 56.6. The van der Waals surface area contributed by atoms with Crippen LogP contribution in [0.25, 0.3) is 0 Å². The molecule has 0 radical (unpaired) electrons. The molecule has 5 rings (SSSR count). The lowest BCUT2D eigenvalue weighted by Gasteiger charge is -2.21. The summed E-state index contributed by atoms with van der Waals surface area (Å²) in [6.45, 7) is 0. The average Bonchev–Trinajstić information content (AvgIpc) is 3.10. The minimum Gasteiger partial charge on any atom is -0.370 e. The molecule has 0 aliphatic carbocycles. The van der Waals surface area contributed by atoms with Gasteiger partial charge in [0, 0.05) is 17.5 Å². The van der Waals surface area contributed by atoms with Gasteiger partial charge in [-0.1, -0.05) is 78.9 Å². The van der Waals surface area contributed by atoms with E-state index in [2.05, 4.69) is 20.6 Å². The number of benzene rings is 3. The maximum Gasteiger partial charge on any atom is 0.253 e. The molecule has 4 aromatic rings. The van der Waals surface area contributed by atoms with Gasteiger partial charge in [0.25, 0.3) is 11.9 Å². The zero-order valence-electron chi connectivity index (χ0n) is 20.9. The maximum absolute atomic E-state index is 14.5. The molecule has 1 aliphatic rings. The Morgan fingerprint density at radius 2 is 1.45 bits per heavy atom. The number of anilines is 2. The fraction of sp³-hybridized carbons (Fsp3) is 0.133. The number of pyridine rings is 1. The van der Waals surface area contributed by atoms with Crippen molar-refractivity contribution in [3.63, 3.8) is 0 Å². The van der Waals surface area contributed by atoms with Gasteiger partial charge in [-0.2, -0.15) is 22.5 Å². The normalized spacial score (nSPS) is 15.3. The molecule has 1 amide bonds. The lowest BCUT2D eigenvalue weighted by Crippen LogP contribution is -2.37. The Bertz CT molecular complexity index is 1570. The van der Waals surface area contributed by atoms with Crippen molar-refractivity contribution in [3.8, 4) is 0 Å². The van der Waals surface area contributed by atoms with Crippen molar-refractivity contribution < 1.29 is 27.2 Å². The summed E-state index contributed by atoms with van der Waals surface area (Å²) in [6.07, 6.45) is -0.548. The molecule has 2 atom stereocenters. The summed E-state index contributed by atoms with van der Waals surface area (Å²) in [5.41, 5.74) is 1.81. The second-order valence-corrected chi connectivity index (χ2v) is 9.15. The van der Waals surface area contributed by atoms with Crippen LogP contribution in [-0.2, 0) is 16.0 Å². The van der Waals surface area contributed by atoms with Crippen molar-refractivity contribution in [2.24, 2.45) is 4.99 Å². The molecule has 1 unspecified atom stereocenters. The van der Waals surface area contributed by atoms with Gasteiger partial charge in [0.1, 0.15) is 11.7 Å². The molecule has 2 heterocycles. The van der Waals surface area contributed by atoms with Gasteiger partial charge in [-0.15, -0.1) is 0 Å². The van der Waals surface area contributed by atoms with Crippen LogP contribution in [0, 0.1) is 23.5 Å². The second kappa shape index (κ2) is 11.5. The molecule has 6 nitrogen and oxygen atoms in total. The van der Waals surface area contributed by atoms with Gasteiger partial charge >= 0.3 is 0 Å². The predicted octanol–water partition coefficient (Wildman–Crippen LogP) is 5.48. The summed E-state index contributed by atoms with van der Waals surface area (Å²) >= 11 is 0. The number of carbonyl (C=O) groups excluding carboxylic acids is 2. The highest BCUT2D eigenvalue weighted by molar-refractivity contribution is 6.20. The number of hydrogen-bond acceptors (Lipinski definition) is 5. The lowest BCUT2D eigenvalue weighted by atomic mass is 9.97. The van der Waals surface area contributed by atoms with Crippen molar-refractivity contribution in [1.29, 1.82) is 0 Å². The number of nitrogens with one attached hydrogen (secondary N) is 2. The minimum absolute atomic E-state index is 0.0893. The lowest BCUT2D eigenvalue weighted by molar-refractivity contribution is -0.124. The highest BCUT2D eigenvalue weighted by atomic mass is 19.2. The maximum atomic E-state index is 14.5. The monoisotopic (exact) mass is 546 g/mol. The van der Waals surface area contributed by atoms with E-state index in [1.54, 1.807) is 54.6 Å². The molecule has 40 heavy (non-hydrogen) atoms. The number of amides is 1. The molecule has 1 aromatic heterocycles. The van der Waals surface area contributed by atoms with Crippen molar-refractivity contribution in [1.82, 2.24) is 4.98 Å². The fourth-order valence-corrected chi connectivity index (χ4v) is 4.48. The van der Waals surface area contributed by atoms with Gasteiger partial charge in [-0.05, 0) is 18.1 Å². The van der Waals surface area contributed by atoms with E-state index in [9.17, 15) is 27.2 Å². The Kier molecular flexibility index (Phi) is 7.68. The average molecular weight is 547 g/mol. The SMILES string of the molecule is O=C1Nc2ccccc2C(c2ccccc2)=NC1CC(=O)[C@H](Cc1ccccc1)Nc1c(F)c(F)nc(F)c1F. The molecule has 0 fully saturated rings. The summed E-state index contributed by atoms with van der Waals surface area (Å²) in [4.78, 5) is 34.0. The number of nitrogens with zero attached hydrogens (tertiary/aromatic N) is 2. The highest BCUT2D eigenvalue weighted by Crippen LogP contribution is 2.27. The Morgan fingerprint density at radius 3 is 2.12 bits per heavy atom. The molecule has 0 saturated carbocycles. The number of fused-ring (bicyclic) bond motifs is 1. The number of aromatic nitrogens is 1. The van der Waals surface area contributed by atoms with E-state index in [0.717, 1.165) is 5.56 Å². The van der Waals surface area contributed by atoms with E-state index in [4.69, 9.17) is 0 Å². The van der Waals surface area contributed by atoms with Gasteiger partial charge in [0.2, 0.25) is 17.5 Å². The van der Waals surface area contributed by atoms with E-state index in [1.165, 1.54) is 0 Å². The van der Waals surface area contributed by atoms with E-state index in [1.807, 2.05) is 30.3 Å². The minimum atomic E-state index is -1.86. The van der Waals surface area contributed by atoms with E-state index < -0.39 is 59.4 Å². The van der Waals surface area contributed by atoms with Crippen LogP contribution in [0.5, 0.6) is 0 Å². The first-order valence-corrected chi connectivity index (χ1v) is 12.4. The molecule has 0 spiro atoms. The van der Waals surface area contributed by atoms with Crippen LogP contribution in [0.3, 0.4) is 0 Å². The molecule has 0 saturated heterocycles. The molecule has 0 bridgehead atoms. The van der Waals surface area contributed by atoms with Gasteiger partial charge in [-0.25, -0.2) is 0 Å². The van der Waals surface area contributed by atoms with Crippen LogP contribution >= 0.6 is 0 Å². The van der Waals surface area contributed by atoms with Crippen LogP contribution in [0.2, 0.25) is 0 Å². The topological polar surface area (TPSA) is 83.5 Å². The predicted molar refractivity (Wildman–Crippen MR) is 142 cm³/mol. The van der Waals surface area contributed by atoms with Crippen LogP contribution in [-0.4, -0.2) is 34.5 Å². The van der Waals surface area contributed by atoms with Crippen molar-refractivity contribution in [2.75, 3.05) is 10.6 Å². The number of para-hydroxylation sites is 1. The summed E-state index contributed by atoms with van der Waals surface area (Å²) in [6, 6.07) is 22.1. The third-order valence-corrected chi connectivity index (χ3v) is 6.46. The number of benzodiazepines with no additional fused rings is 1. The van der Waals surface area contributed by atoms with Crippen LogP contribution in [0.4, 0.5) is 28.9 Å². The highest BCUT2D eigenvalue weighted by Gasteiger charge is 2.32. The van der Waals surface area contributed by atoms with Gasteiger partial charge in [-0.3, -0.25) is 14.6 Å². The van der Waals surface area contributed by atoms with Crippen molar-refractivity contribution >= 4 is 28.8 Å². The second-order valence-electron chi connectivity index (χ2n) is 9.15. The largest absolute Gasteiger partial charge is 0.370 e. The van der Waals surface area contributed by atoms with Crippen LogP contribution in [0.1, 0.15) is 23.1 Å². The Balaban J connectivity index is 1.50. The Morgan fingerprint density at radius 1 is 0.850 bits per heavy atom. The zero-order chi connectivity index (χ0) is 28.2. The summed E-state index contributed by atoms with van der Waals surface area (Å²) in [7, 11) is 0. The zero-order valence-corrected chi connectivity index (χ0v) is 20.9. The summed E-state index contributed by atoms with van der Waals surface area (Å²) in [5.74, 6) is -8.45. The first kappa shape index (κ1) is 26.7. The molecule has 2 N–H and O–H groups in total. The van der Waals surface area contributed by atoms with Gasteiger partial charge < -0.3 is 10.6 Å². The first-order valence-electron chi connectivity index (χ1n) is 12.4. The number of rotatable bonds is 8. The van der Waals surface area contributed by atoms with Crippen LogP contribution < -0.4 is 10.6 Å². The number of halogens is 4. The number of ketones is 1. The smallest absolute Gasteiger partial charge is 0.253 e. The third kappa shape index (κ3) is 5.61. The van der Waals surface area contributed by atoms with Crippen LogP contribution in [0.15, 0.2) is 89.9 Å². The van der Waals surface area contributed by atoms with E-state index in [0.29, 0.717) is 22.5 Å². The number of hydrogen-bond donors (Lipinski definition) is 2. The molecule has 10 heteroatoms. The molecular weight excluding hydrogens is 524 g/mol. The molecule has 1 aliphatic heterocycles. The molecule has 202 valence electrons. The standard InChI is InChI=1S/C30H22F4N4O2/c31-24-27(25(32)29(34)38-28(24)33)35-21(15-17-9-3-1-4-10-17)23(39)16-22-30(40)37-20-14-8-7-13-19(20)26(36-22)18-11-5-2-6-12-18/h1-14,21-22H,15-16H2,(H,35,38)(H,37,40)/t21-,22?/m0/s1. The number of Topliss-reactive ketones (excluding diaryl/α,β-unsaturated/α-hetero) is 1. The number of carbonyl (C=O) groups is 2. The Labute approximate surface area is 226 Å². The number of aliphatic imine (C=N–C) groups is 1. The third-order valence-electron chi connectivity index (χ3n) is 6.46. The van der Waals surface area contributed by atoms with Gasteiger partial charge in [0.05, 0.1) is 17.4 Å². The summed E-state index contributed by atoms with van der Waals surface area (Å²) in [5, 5.41) is 5.12. The Hall–Kier alpha value is -4.86. The van der Waals surface area contributed by atoms with Crippen molar-refractivity contribution in [3.05, 3.63) is 125 Å². The van der Waals surface area contributed by atoms with Gasteiger partial charge in [0.15, 0.2) is 5.78 Å². The fourth-order valence-electron chi connectivity index (χ4n) is 4.48. The molecule has 3 aromatic carbocycles. The first-order chi connectivity index (χ1) is 19.3. The van der Waals surface area contributed by atoms with E-state index >= 15 is 0 Å². The quantitative estimate of drug-likeness (QED) is 0.227. The van der Waals surface area contributed by atoms with E-state index in [-0.39, 0.29) is 6.42 Å². The van der Waals surface area contributed by atoms with Crippen molar-refractivity contribution in [2.45, 2.75) is 24.9 Å².